The number of rotatable bonds is 7. The Kier molecular flexibility index (Phi) is 6.38. The van der Waals surface area contributed by atoms with E-state index in [4.69, 9.17) is 19.9 Å². The lowest BCUT2D eigenvalue weighted by molar-refractivity contribution is 0.0523. The number of amides is 1. The standard InChI is InChI=1S/C13H17NO5/c1-2-7-17-8-9-18-13(16)19-11-5-3-10(4-6-11)12(14)15/h3-6H,2,7-9H2,1H3,(H2,14,15). The van der Waals surface area contributed by atoms with Crippen molar-refractivity contribution in [1.82, 2.24) is 0 Å². The number of nitrogens with two attached hydrogens (primary N) is 1. The van der Waals surface area contributed by atoms with Gasteiger partial charge in [-0.2, -0.15) is 0 Å². The molecule has 19 heavy (non-hydrogen) atoms. The molecule has 6 nitrogen and oxygen atoms in total. The van der Waals surface area contributed by atoms with Crippen LogP contribution in [-0.4, -0.2) is 31.9 Å². The maximum absolute atomic E-state index is 11.3. The van der Waals surface area contributed by atoms with Crippen LogP contribution in [0, 0.1) is 0 Å². The average molecular weight is 267 g/mol. The molecule has 0 fully saturated rings. The smallest absolute Gasteiger partial charge is 0.432 e. The topological polar surface area (TPSA) is 87.8 Å². The van der Waals surface area contributed by atoms with Crippen molar-refractivity contribution >= 4 is 12.1 Å². The van der Waals surface area contributed by atoms with E-state index in [-0.39, 0.29) is 12.4 Å². The molecule has 2 N–H and O–H groups in total. The number of benzene rings is 1. The molecule has 0 heterocycles. The highest BCUT2D eigenvalue weighted by Gasteiger charge is 2.06. The lowest BCUT2D eigenvalue weighted by Crippen LogP contribution is -2.15. The summed E-state index contributed by atoms with van der Waals surface area (Å²) in [5.41, 5.74) is 5.43. The zero-order chi connectivity index (χ0) is 14.1. The van der Waals surface area contributed by atoms with Crippen LogP contribution in [0.3, 0.4) is 0 Å². The summed E-state index contributed by atoms with van der Waals surface area (Å²) in [5, 5.41) is 0. The molecule has 0 unspecified atom stereocenters. The zero-order valence-electron chi connectivity index (χ0n) is 10.8. The van der Waals surface area contributed by atoms with Gasteiger partial charge in [-0.25, -0.2) is 4.79 Å². The number of ether oxygens (including phenoxy) is 3. The molecule has 1 aromatic rings. The van der Waals surface area contributed by atoms with Crippen LogP contribution in [0.5, 0.6) is 5.75 Å². The fourth-order valence-electron chi connectivity index (χ4n) is 1.24. The van der Waals surface area contributed by atoms with Gasteiger partial charge in [0.25, 0.3) is 0 Å². The summed E-state index contributed by atoms with van der Waals surface area (Å²) in [6.45, 7) is 3.10. The number of hydrogen-bond donors (Lipinski definition) is 1. The fraction of sp³-hybridized carbons (Fsp3) is 0.385. The quantitative estimate of drug-likeness (QED) is 0.461. The van der Waals surface area contributed by atoms with Crippen molar-refractivity contribution in [3.63, 3.8) is 0 Å². The van der Waals surface area contributed by atoms with E-state index in [1.165, 1.54) is 24.3 Å². The summed E-state index contributed by atoms with van der Waals surface area (Å²) >= 11 is 0. The second-order valence-corrected chi connectivity index (χ2v) is 3.70. The summed E-state index contributed by atoms with van der Waals surface area (Å²) in [7, 11) is 0. The zero-order valence-corrected chi connectivity index (χ0v) is 10.8. The number of primary amides is 1. The first kappa shape index (κ1) is 15.0. The third kappa shape index (κ3) is 5.87. The maximum atomic E-state index is 11.3. The number of carbonyl (C=O) groups excluding carboxylic acids is 2. The SMILES string of the molecule is CCCOCCOC(=O)Oc1ccc(C(N)=O)cc1. The molecule has 0 aliphatic heterocycles. The Bertz CT molecular complexity index is 416. The fourth-order valence-corrected chi connectivity index (χ4v) is 1.24. The molecule has 0 radical (unpaired) electrons. The predicted molar refractivity (Wildman–Crippen MR) is 68.0 cm³/mol. The maximum Gasteiger partial charge on any atom is 0.513 e. The molecule has 1 rings (SSSR count). The number of hydrogen-bond acceptors (Lipinski definition) is 5. The Morgan fingerprint density at radius 1 is 1.11 bits per heavy atom. The van der Waals surface area contributed by atoms with Gasteiger partial charge in [0.1, 0.15) is 12.4 Å². The molecule has 0 saturated carbocycles. The molecule has 0 aromatic heterocycles. The highest BCUT2D eigenvalue weighted by molar-refractivity contribution is 5.92. The molecule has 104 valence electrons. The highest BCUT2D eigenvalue weighted by atomic mass is 16.7. The third-order valence-electron chi connectivity index (χ3n) is 2.14. The summed E-state index contributed by atoms with van der Waals surface area (Å²) in [5.74, 6) is -0.258. The lowest BCUT2D eigenvalue weighted by Gasteiger charge is -2.06. The molecule has 1 aromatic carbocycles. The minimum absolute atomic E-state index is 0.137. The van der Waals surface area contributed by atoms with Crippen molar-refractivity contribution in [2.24, 2.45) is 5.73 Å². The van der Waals surface area contributed by atoms with Crippen molar-refractivity contribution in [2.45, 2.75) is 13.3 Å². The van der Waals surface area contributed by atoms with Gasteiger partial charge >= 0.3 is 6.16 Å². The van der Waals surface area contributed by atoms with Gasteiger partial charge in [-0.05, 0) is 30.7 Å². The van der Waals surface area contributed by atoms with Gasteiger partial charge in [-0.1, -0.05) is 6.92 Å². The van der Waals surface area contributed by atoms with Gasteiger partial charge in [-0.15, -0.1) is 0 Å². The molecule has 0 bridgehead atoms. The van der Waals surface area contributed by atoms with E-state index in [2.05, 4.69) is 0 Å². The minimum Gasteiger partial charge on any atom is -0.432 e. The van der Waals surface area contributed by atoms with Crippen molar-refractivity contribution in [3.05, 3.63) is 29.8 Å². The molecule has 0 saturated heterocycles. The Hall–Kier alpha value is -2.08. The van der Waals surface area contributed by atoms with Gasteiger partial charge in [0.15, 0.2) is 0 Å². The summed E-state index contributed by atoms with van der Waals surface area (Å²) in [6.07, 6.45) is 0.100. The molecule has 0 spiro atoms. The van der Waals surface area contributed by atoms with E-state index >= 15 is 0 Å². The molecular formula is C13H17NO5. The largest absolute Gasteiger partial charge is 0.513 e. The van der Waals surface area contributed by atoms with Crippen molar-refractivity contribution in [2.75, 3.05) is 19.8 Å². The van der Waals surface area contributed by atoms with Gasteiger partial charge in [0.05, 0.1) is 6.61 Å². The van der Waals surface area contributed by atoms with Crippen molar-refractivity contribution in [3.8, 4) is 5.75 Å². The first-order valence-electron chi connectivity index (χ1n) is 5.95. The normalized spacial score (nSPS) is 9.95. The molecule has 1 amide bonds. The minimum atomic E-state index is -0.813. The molecule has 0 aliphatic rings. The molecule has 0 aliphatic carbocycles. The van der Waals surface area contributed by atoms with E-state index in [0.29, 0.717) is 18.8 Å². The van der Waals surface area contributed by atoms with Crippen LogP contribution in [0.15, 0.2) is 24.3 Å². The van der Waals surface area contributed by atoms with Crippen molar-refractivity contribution in [1.29, 1.82) is 0 Å². The van der Waals surface area contributed by atoms with E-state index in [1.54, 1.807) is 0 Å². The van der Waals surface area contributed by atoms with E-state index in [1.807, 2.05) is 6.92 Å². The first-order valence-corrected chi connectivity index (χ1v) is 5.95. The van der Waals surface area contributed by atoms with Gasteiger partial charge < -0.3 is 19.9 Å². The Labute approximate surface area is 111 Å². The van der Waals surface area contributed by atoms with E-state index in [9.17, 15) is 9.59 Å². The van der Waals surface area contributed by atoms with Crippen LogP contribution in [-0.2, 0) is 9.47 Å². The Morgan fingerprint density at radius 3 is 2.37 bits per heavy atom. The van der Waals surface area contributed by atoms with Crippen molar-refractivity contribution < 1.29 is 23.8 Å². The predicted octanol–water partition coefficient (Wildman–Crippen LogP) is 1.73. The Balaban J connectivity index is 2.30. The van der Waals surface area contributed by atoms with Gasteiger partial charge in [0.2, 0.25) is 5.91 Å². The van der Waals surface area contributed by atoms with E-state index in [0.717, 1.165) is 6.42 Å². The van der Waals surface area contributed by atoms with Gasteiger partial charge in [0, 0.05) is 12.2 Å². The second-order valence-electron chi connectivity index (χ2n) is 3.70. The summed E-state index contributed by atoms with van der Waals surface area (Å²) in [4.78, 5) is 22.1. The summed E-state index contributed by atoms with van der Waals surface area (Å²) in [6, 6.07) is 5.87. The third-order valence-corrected chi connectivity index (χ3v) is 2.14. The van der Waals surface area contributed by atoms with Crippen LogP contribution in [0.2, 0.25) is 0 Å². The average Bonchev–Trinajstić information content (AvgIpc) is 2.39. The lowest BCUT2D eigenvalue weighted by atomic mass is 10.2. The van der Waals surface area contributed by atoms with E-state index < -0.39 is 12.1 Å². The van der Waals surface area contributed by atoms with Gasteiger partial charge in [-0.3, -0.25) is 4.79 Å². The van der Waals surface area contributed by atoms with Crippen LogP contribution in [0.4, 0.5) is 4.79 Å². The summed E-state index contributed by atoms with van der Waals surface area (Å²) < 4.78 is 14.8. The first-order chi connectivity index (χ1) is 9.13. The second kappa shape index (κ2) is 8.10. The molecule has 0 atom stereocenters. The molecule has 6 heteroatoms. The van der Waals surface area contributed by atoms with Crippen LogP contribution in [0.25, 0.3) is 0 Å². The molecular weight excluding hydrogens is 250 g/mol. The Morgan fingerprint density at radius 2 is 1.79 bits per heavy atom. The van der Waals surface area contributed by atoms with Crippen LogP contribution < -0.4 is 10.5 Å². The van der Waals surface area contributed by atoms with Crippen LogP contribution >= 0.6 is 0 Å². The van der Waals surface area contributed by atoms with Crippen LogP contribution in [0.1, 0.15) is 23.7 Å². The number of carbonyl (C=O) groups is 2. The highest BCUT2D eigenvalue weighted by Crippen LogP contribution is 2.12. The monoisotopic (exact) mass is 267 g/mol.